The quantitative estimate of drug-likeness (QED) is 0.0199. The molecule has 0 aromatic rings. The van der Waals surface area contributed by atoms with E-state index in [0.717, 1.165) is 103 Å². The largest absolute Gasteiger partial charge is 0.462 e. The number of carbonyl (C=O) groups is 3. The number of hydrogen-bond donors (Lipinski definition) is 0. The molecular formula is C68H114O6. The van der Waals surface area contributed by atoms with Crippen LogP contribution in [0.3, 0.4) is 0 Å². The van der Waals surface area contributed by atoms with Crippen molar-refractivity contribution in [2.45, 2.75) is 290 Å². The summed E-state index contributed by atoms with van der Waals surface area (Å²) in [6.45, 7) is 6.45. The van der Waals surface area contributed by atoms with Gasteiger partial charge < -0.3 is 14.2 Å². The van der Waals surface area contributed by atoms with Crippen LogP contribution >= 0.6 is 0 Å². The summed E-state index contributed by atoms with van der Waals surface area (Å²) in [4.78, 5) is 38.3. The van der Waals surface area contributed by atoms with Gasteiger partial charge in [0.05, 0.1) is 0 Å². The van der Waals surface area contributed by atoms with Gasteiger partial charge in [-0.3, -0.25) is 14.4 Å². The molecule has 0 radical (unpaired) electrons. The maximum atomic E-state index is 12.9. The predicted molar refractivity (Wildman–Crippen MR) is 320 cm³/mol. The van der Waals surface area contributed by atoms with E-state index in [9.17, 15) is 14.4 Å². The first-order chi connectivity index (χ1) is 36.5. The molecule has 0 heterocycles. The minimum absolute atomic E-state index is 0.111. The monoisotopic (exact) mass is 1030 g/mol. The molecule has 0 rings (SSSR count). The van der Waals surface area contributed by atoms with E-state index in [-0.39, 0.29) is 37.5 Å². The highest BCUT2D eigenvalue weighted by Gasteiger charge is 2.19. The van der Waals surface area contributed by atoms with Crippen LogP contribution in [0.4, 0.5) is 0 Å². The summed E-state index contributed by atoms with van der Waals surface area (Å²) in [5.74, 6) is -1.01. The first kappa shape index (κ1) is 70.1. The van der Waals surface area contributed by atoms with Gasteiger partial charge in [0, 0.05) is 19.3 Å². The maximum Gasteiger partial charge on any atom is 0.306 e. The van der Waals surface area contributed by atoms with Crippen LogP contribution in [0.5, 0.6) is 0 Å². The molecule has 6 nitrogen and oxygen atoms in total. The molecule has 6 heteroatoms. The van der Waals surface area contributed by atoms with E-state index in [4.69, 9.17) is 14.2 Å². The van der Waals surface area contributed by atoms with Crippen LogP contribution in [-0.4, -0.2) is 37.2 Å². The lowest BCUT2D eigenvalue weighted by Crippen LogP contribution is -2.30. The summed E-state index contributed by atoms with van der Waals surface area (Å²) in [6, 6.07) is 0. The standard InChI is InChI=1S/C68H114O6/c1-4-7-10-13-16-19-22-25-28-31-34-37-40-43-46-49-52-55-58-61-67(70)73-64-65(63-72-66(69)60-57-54-51-48-45-42-39-36-33-30-27-24-21-18-15-12-9-6-3)74-68(71)62-59-56-53-50-47-44-41-38-35-32-29-26-23-20-17-14-11-8-5-2/h7,10,16,19,24-25,27-28,30,33-34,36-37,39,43,46,52,55,65H,4-6,8-9,11-15,17-18,20-23,26,29,31-32,35,38,40-42,44-45,47-51,53-54,56-64H2,1-3H3/b10-7-,19-16-,27-24-,28-25-,33-30-,37-34-,39-36-,46-43-,55-52-. The Kier molecular flexibility index (Phi) is 58.3. The fourth-order valence-corrected chi connectivity index (χ4v) is 8.47. The number of unbranched alkanes of at least 4 members (excludes halogenated alkanes) is 28. The highest BCUT2D eigenvalue weighted by Crippen LogP contribution is 2.16. The van der Waals surface area contributed by atoms with Crippen molar-refractivity contribution in [1.82, 2.24) is 0 Å². The zero-order valence-corrected chi connectivity index (χ0v) is 48.3. The van der Waals surface area contributed by atoms with Gasteiger partial charge in [0.2, 0.25) is 0 Å². The van der Waals surface area contributed by atoms with E-state index in [1.54, 1.807) is 0 Å². The molecule has 1 atom stereocenters. The average Bonchev–Trinajstić information content (AvgIpc) is 3.40. The number of hydrogen-bond acceptors (Lipinski definition) is 6. The Morgan fingerprint density at radius 1 is 0.297 bits per heavy atom. The minimum Gasteiger partial charge on any atom is -0.462 e. The first-order valence-electron chi connectivity index (χ1n) is 30.9. The van der Waals surface area contributed by atoms with Gasteiger partial charge in [-0.2, -0.15) is 0 Å². The normalized spacial score (nSPS) is 12.9. The Bertz CT molecular complexity index is 1510. The number of rotatable bonds is 55. The Morgan fingerprint density at radius 2 is 0.608 bits per heavy atom. The van der Waals surface area contributed by atoms with E-state index in [1.165, 1.54) is 135 Å². The number of ether oxygens (including phenoxy) is 3. The van der Waals surface area contributed by atoms with E-state index in [1.807, 2.05) is 6.08 Å². The molecule has 0 aliphatic carbocycles. The smallest absolute Gasteiger partial charge is 0.306 e. The first-order valence-corrected chi connectivity index (χ1v) is 30.9. The zero-order chi connectivity index (χ0) is 53.6. The molecule has 0 bridgehead atoms. The highest BCUT2D eigenvalue weighted by molar-refractivity contribution is 5.71. The van der Waals surface area contributed by atoms with Gasteiger partial charge in [0.1, 0.15) is 13.2 Å². The molecule has 0 amide bonds. The fraction of sp³-hybridized carbons (Fsp3) is 0.691. The summed E-state index contributed by atoms with van der Waals surface area (Å²) in [5, 5.41) is 0. The third-order valence-electron chi connectivity index (χ3n) is 13.1. The van der Waals surface area contributed by atoms with Gasteiger partial charge in [-0.05, 0) is 83.5 Å². The van der Waals surface area contributed by atoms with Crippen LogP contribution < -0.4 is 0 Å². The summed E-state index contributed by atoms with van der Waals surface area (Å²) < 4.78 is 16.8. The third kappa shape index (κ3) is 59.0. The second-order valence-electron chi connectivity index (χ2n) is 20.3. The molecule has 0 aromatic carbocycles. The van der Waals surface area contributed by atoms with Gasteiger partial charge in [0.25, 0.3) is 0 Å². The van der Waals surface area contributed by atoms with Crippen LogP contribution in [-0.2, 0) is 28.6 Å². The van der Waals surface area contributed by atoms with Crippen molar-refractivity contribution in [3.63, 3.8) is 0 Å². The third-order valence-corrected chi connectivity index (χ3v) is 13.1. The van der Waals surface area contributed by atoms with Gasteiger partial charge >= 0.3 is 17.9 Å². The molecule has 0 N–H and O–H groups in total. The molecule has 74 heavy (non-hydrogen) atoms. The molecular weight excluding hydrogens is 913 g/mol. The molecule has 0 saturated heterocycles. The van der Waals surface area contributed by atoms with Crippen LogP contribution in [0.15, 0.2) is 109 Å². The molecule has 1 unspecified atom stereocenters. The zero-order valence-electron chi connectivity index (χ0n) is 48.3. The summed E-state index contributed by atoms with van der Waals surface area (Å²) in [6.07, 6.45) is 83.8. The lowest BCUT2D eigenvalue weighted by Gasteiger charge is -2.18. The lowest BCUT2D eigenvalue weighted by molar-refractivity contribution is -0.166. The number of carbonyl (C=O) groups excluding carboxylic acids is 3. The summed E-state index contributed by atoms with van der Waals surface area (Å²) in [5.41, 5.74) is 0. The molecule has 0 aromatic heterocycles. The molecule has 0 fully saturated rings. The Morgan fingerprint density at radius 3 is 0.986 bits per heavy atom. The molecule has 0 saturated carbocycles. The lowest BCUT2D eigenvalue weighted by atomic mass is 10.0. The van der Waals surface area contributed by atoms with E-state index in [2.05, 4.69) is 124 Å². The van der Waals surface area contributed by atoms with Gasteiger partial charge in [0.15, 0.2) is 6.10 Å². The van der Waals surface area contributed by atoms with Gasteiger partial charge in [-0.15, -0.1) is 0 Å². The maximum absolute atomic E-state index is 12.9. The van der Waals surface area contributed by atoms with E-state index >= 15 is 0 Å². The van der Waals surface area contributed by atoms with Crippen LogP contribution in [0, 0.1) is 0 Å². The Hall–Kier alpha value is -3.93. The molecule has 0 aliphatic rings. The van der Waals surface area contributed by atoms with E-state index in [0.29, 0.717) is 19.3 Å². The average molecular weight is 1030 g/mol. The van der Waals surface area contributed by atoms with Crippen molar-refractivity contribution in [3.05, 3.63) is 109 Å². The summed E-state index contributed by atoms with van der Waals surface area (Å²) in [7, 11) is 0. The second kappa shape index (κ2) is 61.6. The minimum atomic E-state index is -0.819. The Balaban J connectivity index is 4.52. The predicted octanol–water partition coefficient (Wildman–Crippen LogP) is 21.0. The van der Waals surface area contributed by atoms with E-state index < -0.39 is 6.10 Å². The van der Waals surface area contributed by atoms with Crippen molar-refractivity contribution in [2.75, 3.05) is 13.2 Å². The van der Waals surface area contributed by atoms with Crippen molar-refractivity contribution in [1.29, 1.82) is 0 Å². The van der Waals surface area contributed by atoms with Crippen molar-refractivity contribution in [2.24, 2.45) is 0 Å². The molecule has 0 aliphatic heterocycles. The molecule has 422 valence electrons. The van der Waals surface area contributed by atoms with Gasteiger partial charge in [-0.25, -0.2) is 0 Å². The van der Waals surface area contributed by atoms with Crippen LogP contribution in [0.25, 0.3) is 0 Å². The van der Waals surface area contributed by atoms with Crippen LogP contribution in [0.2, 0.25) is 0 Å². The van der Waals surface area contributed by atoms with Crippen molar-refractivity contribution < 1.29 is 28.6 Å². The molecule has 0 spiro atoms. The van der Waals surface area contributed by atoms with Gasteiger partial charge in [-0.1, -0.05) is 291 Å². The fourth-order valence-electron chi connectivity index (χ4n) is 8.47. The second-order valence-corrected chi connectivity index (χ2v) is 20.3. The highest BCUT2D eigenvalue weighted by atomic mass is 16.6. The van der Waals surface area contributed by atoms with Crippen molar-refractivity contribution in [3.8, 4) is 0 Å². The van der Waals surface area contributed by atoms with Crippen molar-refractivity contribution >= 4 is 17.9 Å². The number of allylic oxidation sites excluding steroid dienone is 18. The Labute approximate surface area is 457 Å². The topological polar surface area (TPSA) is 78.9 Å². The summed E-state index contributed by atoms with van der Waals surface area (Å²) >= 11 is 0. The SMILES string of the molecule is CC/C=C\C/C=C\C/C=C\C/C=C\C/C=C\C/C=C\CCC(=O)OCC(COC(=O)CCCCCCC\C=C/C=C\C=C/CCCCCCC)OC(=O)CCCCCCCCCCCCCCCCCCCCC. The van der Waals surface area contributed by atoms with Crippen LogP contribution in [0.1, 0.15) is 284 Å². The number of esters is 3.